The van der Waals surface area contributed by atoms with E-state index in [1.54, 1.807) is 34.1 Å². The highest BCUT2D eigenvalue weighted by molar-refractivity contribution is 5.96. The van der Waals surface area contributed by atoms with Crippen LogP contribution in [0, 0.1) is 0 Å². The Hall–Kier alpha value is -4.41. The molecule has 0 saturated heterocycles. The lowest BCUT2D eigenvalue weighted by Crippen LogP contribution is -2.29. The number of nitrogens with zero attached hydrogens (tertiary/aromatic N) is 7. The van der Waals surface area contributed by atoms with Crippen LogP contribution in [0.5, 0.6) is 0 Å². The molecule has 5 heterocycles. The second kappa shape index (κ2) is 7.62. The average molecular weight is 445 g/mol. The van der Waals surface area contributed by atoms with Crippen molar-refractivity contribution < 1.29 is 4.79 Å². The van der Waals surface area contributed by atoms with Gasteiger partial charge in [-0.15, -0.1) is 0 Å². The number of carbonyl (C=O) groups excluding carboxylic acids is 1. The molecule has 0 bridgehead atoms. The summed E-state index contributed by atoms with van der Waals surface area (Å²) < 4.78 is 1.73. The van der Waals surface area contributed by atoms with Gasteiger partial charge in [-0.05, 0) is 24.4 Å². The largest absolute Gasteiger partial charge is 0.396 e. The molecule has 1 amide bonds. The highest BCUT2D eigenvalue weighted by Crippen LogP contribution is 2.30. The number of hydrogen-bond donors (Lipinski definition) is 3. The van der Waals surface area contributed by atoms with E-state index >= 15 is 0 Å². The molecule has 0 radical (unpaired) electrons. The average Bonchev–Trinajstić information content (AvgIpc) is 3.10. The summed E-state index contributed by atoms with van der Waals surface area (Å²) in [5, 5.41) is 9.33. The minimum Gasteiger partial charge on any atom is -0.396 e. The van der Waals surface area contributed by atoms with Crippen molar-refractivity contribution in [3.8, 4) is 0 Å². The van der Waals surface area contributed by atoms with Crippen LogP contribution in [-0.4, -0.2) is 50.5 Å². The van der Waals surface area contributed by atoms with Gasteiger partial charge in [0, 0.05) is 49.1 Å². The number of amides is 1. The SMILES string of the molecule is C=C1N=CN(c2cc3cc(Nc4cc5n(n4)CC(=O)N(C)CC5)ncc3c(N)n2)C(C)=C1N. The fourth-order valence-electron chi connectivity index (χ4n) is 3.85. The summed E-state index contributed by atoms with van der Waals surface area (Å²) in [6.07, 6.45) is 4.04. The molecule has 0 spiro atoms. The summed E-state index contributed by atoms with van der Waals surface area (Å²) >= 11 is 0. The van der Waals surface area contributed by atoms with Crippen molar-refractivity contribution in [1.29, 1.82) is 0 Å². The van der Waals surface area contributed by atoms with Gasteiger partial charge >= 0.3 is 0 Å². The molecule has 2 aliphatic rings. The van der Waals surface area contributed by atoms with Gasteiger partial charge in [-0.2, -0.15) is 5.10 Å². The van der Waals surface area contributed by atoms with E-state index in [0.717, 1.165) is 28.6 Å². The Morgan fingerprint density at radius 2 is 2.00 bits per heavy atom. The zero-order valence-electron chi connectivity index (χ0n) is 18.4. The van der Waals surface area contributed by atoms with Gasteiger partial charge in [0.15, 0.2) is 5.82 Å². The first kappa shape index (κ1) is 20.5. The number of fused-ring (bicyclic) bond motifs is 2. The van der Waals surface area contributed by atoms with Crippen molar-refractivity contribution in [3.63, 3.8) is 0 Å². The fraction of sp³-hybridized carbons (Fsp3) is 0.227. The fourth-order valence-corrected chi connectivity index (χ4v) is 3.85. The van der Waals surface area contributed by atoms with Crippen LogP contribution in [0.2, 0.25) is 0 Å². The van der Waals surface area contributed by atoms with E-state index < -0.39 is 0 Å². The zero-order chi connectivity index (χ0) is 23.3. The summed E-state index contributed by atoms with van der Waals surface area (Å²) in [6.45, 7) is 6.60. The number of carbonyl (C=O) groups is 1. The maximum atomic E-state index is 12.1. The topological polar surface area (TPSA) is 144 Å². The number of nitrogens with one attached hydrogen (secondary N) is 1. The van der Waals surface area contributed by atoms with Crippen molar-refractivity contribution in [3.05, 3.63) is 53.8 Å². The van der Waals surface area contributed by atoms with Crippen LogP contribution in [-0.2, 0) is 17.8 Å². The monoisotopic (exact) mass is 444 g/mol. The van der Waals surface area contributed by atoms with Crippen LogP contribution in [0.3, 0.4) is 0 Å². The lowest BCUT2D eigenvalue weighted by molar-refractivity contribution is -0.130. The van der Waals surface area contributed by atoms with E-state index in [4.69, 9.17) is 11.5 Å². The number of aromatic nitrogens is 4. The number of anilines is 4. The summed E-state index contributed by atoms with van der Waals surface area (Å²) in [5.74, 6) is 2.21. The summed E-state index contributed by atoms with van der Waals surface area (Å²) in [6, 6.07) is 5.72. The van der Waals surface area contributed by atoms with E-state index in [-0.39, 0.29) is 12.5 Å². The first-order valence-corrected chi connectivity index (χ1v) is 10.4. The number of rotatable bonds is 3. The van der Waals surface area contributed by atoms with Crippen LogP contribution in [0.1, 0.15) is 12.6 Å². The Morgan fingerprint density at radius 3 is 2.82 bits per heavy atom. The Morgan fingerprint density at radius 1 is 1.18 bits per heavy atom. The summed E-state index contributed by atoms with van der Waals surface area (Å²) in [7, 11) is 1.80. The number of allylic oxidation sites excluding steroid dienone is 1. The second-order valence-corrected chi connectivity index (χ2v) is 8.09. The molecule has 33 heavy (non-hydrogen) atoms. The molecule has 3 aromatic heterocycles. The predicted molar refractivity (Wildman–Crippen MR) is 128 cm³/mol. The maximum absolute atomic E-state index is 12.1. The zero-order valence-corrected chi connectivity index (χ0v) is 18.4. The van der Waals surface area contributed by atoms with E-state index in [9.17, 15) is 4.79 Å². The molecule has 5 N–H and O–H groups in total. The number of hydrogen-bond acceptors (Lipinski definition) is 9. The van der Waals surface area contributed by atoms with Crippen LogP contribution in [0.4, 0.5) is 23.3 Å². The number of pyridine rings is 2. The minimum atomic E-state index is 0.0394. The Labute approximate surface area is 190 Å². The third-order valence-corrected chi connectivity index (χ3v) is 5.90. The third-order valence-electron chi connectivity index (χ3n) is 5.90. The lowest BCUT2D eigenvalue weighted by Gasteiger charge is -2.25. The third kappa shape index (κ3) is 3.63. The summed E-state index contributed by atoms with van der Waals surface area (Å²) in [5.41, 5.74) is 15.1. The van der Waals surface area contributed by atoms with Gasteiger partial charge in [0.1, 0.15) is 30.3 Å². The van der Waals surface area contributed by atoms with E-state index in [1.807, 2.05) is 25.1 Å². The molecule has 5 rings (SSSR count). The van der Waals surface area contributed by atoms with E-state index in [2.05, 4.69) is 32.0 Å². The van der Waals surface area contributed by atoms with Crippen LogP contribution in [0.25, 0.3) is 10.8 Å². The van der Waals surface area contributed by atoms with Gasteiger partial charge in [-0.1, -0.05) is 6.58 Å². The van der Waals surface area contributed by atoms with Gasteiger partial charge in [0.25, 0.3) is 0 Å². The Kier molecular flexibility index (Phi) is 4.73. The highest BCUT2D eigenvalue weighted by Gasteiger charge is 2.20. The van der Waals surface area contributed by atoms with Crippen molar-refractivity contribution in [2.45, 2.75) is 19.9 Å². The molecule has 11 nitrogen and oxygen atoms in total. The summed E-state index contributed by atoms with van der Waals surface area (Å²) in [4.78, 5) is 28.8. The molecule has 0 fully saturated rings. The lowest BCUT2D eigenvalue weighted by atomic mass is 10.2. The predicted octanol–water partition coefficient (Wildman–Crippen LogP) is 1.72. The highest BCUT2D eigenvalue weighted by atomic mass is 16.2. The molecular formula is C22H24N10O. The minimum absolute atomic E-state index is 0.0394. The molecule has 168 valence electrons. The van der Waals surface area contributed by atoms with Gasteiger partial charge in [0.2, 0.25) is 5.91 Å². The van der Waals surface area contributed by atoms with Gasteiger partial charge < -0.3 is 21.7 Å². The van der Waals surface area contributed by atoms with Crippen molar-refractivity contribution >= 4 is 46.3 Å². The van der Waals surface area contributed by atoms with Gasteiger partial charge in [-0.3, -0.25) is 14.4 Å². The number of likely N-dealkylation sites (N-methyl/N-ethyl adjacent to an activating group) is 1. The molecule has 0 unspecified atom stereocenters. The molecule has 0 atom stereocenters. The standard InChI is InChI=1S/C22H24N10O/c1-12-21(23)13(2)31(11-26-12)19-7-14-6-17(25-9-16(14)22(24)28-19)27-18-8-15-4-5-30(3)20(33)10-32(15)29-18/h6-9,11H,1,4-5,10,23H2,2-3H3,(H2,24,28)(H,25,27,29). The quantitative estimate of drug-likeness (QED) is 0.554. The first-order valence-electron chi connectivity index (χ1n) is 10.4. The number of nitrogen functional groups attached to an aromatic ring is 1. The van der Waals surface area contributed by atoms with Gasteiger partial charge in [0.05, 0.1) is 11.4 Å². The van der Waals surface area contributed by atoms with E-state index in [1.165, 1.54) is 0 Å². The van der Waals surface area contributed by atoms with Crippen molar-refractivity contribution in [2.24, 2.45) is 10.7 Å². The molecular weight excluding hydrogens is 420 g/mol. The number of aliphatic imine (C=N–C) groups is 1. The van der Waals surface area contributed by atoms with Crippen LogP contribution >= 0.6 is 0 Å². The Balaban J connectivity index is 1.46. The normalized spacial score (nSPS) is 16.4. The molecule has 3 aromatic rings. The molecule has 0 aromatic carbocycles. The van der Waals surface area contributed by atoms with Crippen molar-refractivity contribution in [2.75, 3.05) is 29.5 Å². The molecule has 0 saturated carbocycles. The van der Waals surface area contributed by atoms with Crippen molar-refractivity contribution in [1.82, 2.24) is 24.6 Å². The second-order valence-electron chi connectivity index (χ2n) is 8.09. The Bertz CT molecular complexity index is 1370. The van der Waals surface area contributed by atoms with Crippen LogP contribution < -0.4 is 21.7 Å². The molecule has 11 heteroatoms. The van der Waals surface area contributed by atoms with Crippen LogP contribution in [0.15, 0.2) is 53.1 Å². The molecule has 2 aliphatic heterocycles. The molecule has 0 aliphatic carbocycles. The van der Waals surface area contributed by atoms with Gasteiger partial charge in [-0.25, -0.2) is 15.0 Å². The first-order chi connectivity index (χ1) is 15.8. The maximum Gasteiger partial charge on any atom is 0.244 e. The number of nitrogens with two attached hydrogens (primary N) is 2. The van der Waals surface area contributed by atoms with E-state index in [0.29, 0.717) is 41.2 Å². The smallest absolute Gasteiger partial charge is 0.244 e.